The number of nitro groups is 2. The molecule has 19 N–H and O–H groups in total. The Bertz CT molecular complexity index is 6200. The zero-order chi connectivity index (χ0) is 105. The summed E-state index contributed by atoms with van der Waals surface area (Å²) < 4.78 is 71.9. The summed E-state index contributed by atoms with van der Waals surface area (Å²) >= 11 is 7.33. The van der Waals surface area contributed by atoms with Crippen molar-refractivity contribution in [1.82, 2.24) is 47.4 Å². The fraction of sp³-hybridized carbons (Fsp3) is 0.464. The zero-order valence-electron chi connectivity index (χ0n) is 79.8. The number of hydrogen-bond acceptors (Lipinski definition) is 35. The third-order valence-electron chi connectivity index (χ3n) is 27.6. The molecule has 4 saturated carbocycles. The van der Waals surface area contributed by atoms with Crippen molar-refractivity contribution in [2.75, 3.05) is 42.1 Å². The number of methoxy groups -OCH3 is 4. The van der Waals surface area contributed by atoms with E-state index < -0.39 is 296 Å². The van der Waals surface area contributed by atoms with E-state index in [1.807, 2.05) is 0 Å². The number of aliphatic hydroxyl groups excluding tert-OH is 6. The number of carbonyl (C=O) groups is 10. The van der Waals surface area contributed by atoms with Crippen molar-refractivity contribution < 1.29 is 161 Å². The van der Waals surface area contributed by atoms with Crippen LogP contribution in [0, 0.1) is 56.7 Å². The molecule has 0 unspecified atom stereocenters. The molecule has 11 aliphatic rings. The first-order valence-corrected chi connectivity index (χ1v) is 46.8. The molecule has 47 nitrogen and oxygen atoms in total. The average Bonchev–Trinajstić information content (AvgIpc) is 0.758. The Balaban J connectivity index is 0.868. The number of benzene rings is 7. The number of carbonyl (C=O) groups excluding carboxylic acids is 10. The van der Waals surface area contributed by atoms with Gasteiger partial charge in [-0.15, -0.1) is 0 Å². The first-order valence-electron chi connectivity index (χ1n) is 46.4. The van der Waals surface area contributed by atoms with Gasteiger partial charge in [0.25, 0.3) is 11.4 Å². The van der Waals surface area contributed by atoms with Gasteiger partial charge in [0.15, 0.2) is 46.9 Å². The van der Waals surface area contributed by atoms with Crippen molar-refractivity contribution in [3.63, 3.8) is 0 Å². The number of nitrogens with one attached hydrogen (secondary N) is 8. The van der Waals surface area contributed by atoms with Gasteiger partial charge in [-0.3, -0.25) is 63.5 Å². The maximum Gasteiger partial charge on any atom is 0.410 e. The number of nitro benzene ring substituents is 2. The number of halogens is 1. The van der Waals surface area contributed by atoms with Crippen LogP contribution >= 0.6 is 11.6 Å². The molecule has 6 fully saturated rings. The van der Waals surface area contributed by atoms with Gasteiger partial charge >= 0.3 is 12.2 Å². The molecule has 776 valence electrons. The molecule has 10 amide bonds. The van der Waals surface area contributed by atoms with Crippen LogP contribution in [0.25, 0.3) is 11.1 Å². The summed E-state index contributed by atoms with van der Waals surface area (Å²) in [5.74, 6) is -15.3. The van der Waals surface area contributed by atoms with Gasteiger partial charge in [0.05, 0.1) is 91.2 Å². The van der Waals surface area contributed by atoms with Gasteiger partial charge in [0, 0.05) is 36.7 Å². The lowest BCUT2D eigenvalue weighted by atomic mass is 9.54. The van der Waals surface area contributed by atoms with Crippen molar-refractivity contribution in [3.05, 3.63) is 173 Å². The number of phenols is 3. The molecule has 7 aromatic rings. The van der Waals surface area contributed by atoms with Gasteiger partial charge in [-0.05, 0) is 189 Å². The maximum atomic E-state index is 16.7. The fourth-order valence-corrected chi connectivity index (χ4v) is 20.7. The van der Waals surface area contributed by atoms with E-state index in [1.165, 1.54) is 85.6 Å². The quantitative estimate of drug-likeness (QED) is 0.0248. The van der Waals surface area contributed by atoms with Crippen LogP contribution in [0.1, 0.15) is 154 Å². The molecule has 0 radical (unpaired) electrons. The van der Waals surface area contributed by atoms with E-state index in [0.717, 1.165) is 111 Å². The number of nitrogens with zero attached hydrogens (tertiary/aromatic N) is 3. The largest absolute Gasteiger partial charge is 0.508 e. The van der Waals surface area contributed by atoms with Crippen LogP contribution in [0.4, 0.5) is 21.0 Å². The van der Waals surface area contributed by atoms with Crippen LogP contribution in [0.5, 0.6) is 69.0 Å². The molecule has 2 saturated heterocycles. The minimum atomic E-state index is -2.48. The molecule has 7 aliphatic heterocycles. The zero-order valence-corrected chi connectivity index (χ0v) is 80.6. The number of aromatic hydroxyl groups is 3. The van der Waals surface area contributed by atoms with Crippen molar-refractivity contribution in [1.29, 1.82) is 0 Å². The van der Waals surface area contributed by atoms with Crippen molar-refractivity contribution >= 4 is 82.4 Å². The van der Waals surface area contributed by atoms with Gasteiger partial charge < -0.3 is 151 Å². The minimum absolute atomic E-state index is 0.00387. The number of primary amides is 1. The van der Waals surface area contributed by atoms with E-state index in [9.17, 15) is 80.6 Å². The van der Waals surface area contributed by atoms with Crippen molar-refractivity contribution in [2.24, 2.45) is 35.3 Å². The van der Waals surface area contributed by atoms with Gasteiger partial charge in [-0.1, -0.05) is 43.6 Å². The first kappa shape index (κ1) is 105. The van der Waals surface area contributed by atoms with Gasteiger partial charge in [-0.2, -0.15) is 0 Å². The van der Waals surface area contributed by atoms with Crippen molar-refractivity contribution in [3.8, 4) is 80.1 Å². The second kappa shape index (κ2) is 43.2. The summed E-state index contributed by atoms with van der Waals surface area (Å²) in [6.45, 7) is 4.80. The Kier molecular flexibility index (Phi) is 31.3. The molecule has 0 aromatic heterocycles. The topological polar surface area (TPSA) is 675 Å². The summed E-state index contributed by atoms with van der Waals surface area (Å²) in [6.07, 6.45) is -20.1. The number of likely N-dealkylation sites (N-methyl/N-ethyl adjacent to an activating group) is 1. The molecule has 0 spiro atoms. The molecule has 7 heterocycles. The number of aryl methyl sites for hydroxylation is 1. The number of aliphatic hydroxyl groups is 6. The van der Waals surface area contributed by atoms with Gasteiger partial charge in [-0.25, -0.2) is 9.59 Å². The molecule has 18 rings (SSSR count). The smallest absolute Gasteiger partial charge is 0.410 e. The standard InChI is InChI=1S/C97H111ClN12O35/c1-39(2)17-59(108(6)96(129)139-38-51-29-65(135-8)67(137-10)34-58(51)110(132)133)88(122)105-78-80(116)45-12-15-62(40(3)18-45)141-68-26-49-27-69(84(68)145-94-85(83(119)82(118)70(36-111)143-94)144-72-35-97(5,86(120)41(4)140-72)107-95(128)138-37-50-28-64(134-7)66(136-9)33-57(50)109(130)131)142-63-16-13-46(25-55(63)98)81(117)79-93(127)104-77(91(125)101-74-47-20-42-19-43(22-47)23-48(74)21-42)54-30-52(112)31-61(114)73(54)53-24-44(11-14-60(53)113)75(89(123)106-79)103-90(124)76(49)102-87(121)56(32-71(99)115)100-92(78)126/h11-16,18,24-31,33-34,39,41-43,47-48,56,59,70,72,74-83,85-86,94,111-114,116-120H,17,19-23,32,35-38H2,1-10H3,(H2,99,115)(H,100,126)(H,101,125)(H,102,121)(H,103,124)(H,104,127)(H,105,122)(H,106,123)(H,107,128)/t41-,42?,43?,47?,48?,56-,59+,70+,72-,74?,75+,76+,77-,78+,79-,80+,81+,82+,83-,85+,86+,94-,97-/m0/s1. The molecule has 48 heteroatoms. The van der Waals surface area contributed by atoms with Crippen LogP contribution in [0.15, 0.2) is 103 Å². The Morgan fingerprint density at radius 2 is 1.21 bits per heavy atom. The van der Waals surface area contributed by atoms with Gasteiger partial charge in [0.1, 0.15) is 121 Å². The second-order valence-corrected chi connectivity index (χ2v) is 38.2. The predicted octanol–water partition coefficient (Wildman–Crippen LogP) is 5.49. The van der Waals surface area contributed by atoms with E-state index >= 15 is 33.6 Å². The number of phenolic OH excluding ortho intramolecular Hbond substituents is 3. The lowest BCUT2D eigenvalue weighted by Crippen LogP contribution is -2.66. The maximum absolute atomic E-state index is 16.7. The Hall–Kier alpha value is -14.4. The lowest BCUT2D eigenvalue weighted by molar-refractivity contribution is -0.386. The van der Waals surface area contributed by atoms with Crippen molar-refractivity contribution in [2.45, 2.75) is 214 Å². The summed E-state index contributed by atoms with van der Waals surface area (Å²) in [5, 5.41) is 154. The molecule has 15 bridgehead atoms. The number of amides is 10. The highest BCUT2D eigenvalue weighted by Gasteiger charge is 2.55. The third kappa shape index (κ3) is 22.1. The number of rotatable bonds is 25. The van der Waals surface area contributed by atoms with E-state index in [2.05, 4.69) is 42.5 Å². The van der Waals surface area contributed by atoms with E-state index in [-0.39, 0.29) is 85.9 Å². The summed E-state index contributed by atoms with van der Waals surface area (Å²) in [5.41, 5.74) is 0.0581. The van der Waals surface area contributed by atoms with Crippen LogP contribution in [0.2, 0.25) is 5.02 Å². The number of alkyl carbamates (subject to hydrolysis) is 1. The lowest BCUT2D eigenvalue weighted by Gasteiger charge is -2.54. The first-order chi connectivity index (χ1) is 68.9. The Labute approximate surface area is 831 Å². The van der Waals surface area contributed by atoms with E-state index in [0.29, 0.717) is 11.8 Å². The summed E-state index contributed by atoms with van der Waals surface area (Å²) in [7, 11) is 6.14. The fourth-order valence-electron chi connectivity index (χ4n) is 20.4. The minimum Gasteiger partial charge on any atom is -0.508 e. The molecule has 4 aliphatic carbocycles. The summed E-state index contributed by atoms with van der Waals surface area (Å²) in [4.78, 5) is 177. The number of ether oxygens (including phenoxy) is 12. The van der Waals surface area contributed by atoms with Crippen LogP contribution < -0.4 is 81.4 Å². The second-order valence-electron chi connectivity index (χ2n) is 37.8. The van der Waals surface area contributed by atoms with E-state index in [4.69, 9.17) is 74.2 Å². The number of nitrogens with two attached hydrogens (primary N) is 1. The van der Waals surface area contributed by atoms with Gasteiger partial charge in [0.2, 0.25) is 59.3 Å². The van der Waals surface area contributed by atoms with Crippen LogP contribution in [-0.4, -0.2) is 247 Å². The predicted molar refractivity (Wildman–Crippen MR) is 501 cm³/mol. The SMILES string of the molecule is COc1cc(COC(=O)N[C@@]2(C)C[C@H](O[C@H]3[C@H](Oc4c5cc6cc4Oc4ccc(cc4Cl)[C@@H](O)[C@@H]4NC(=O)[C@H](NC(=O)[C@@H]6NC(=O)[C@H](CC(N)=O)NC(=O)[C@H](NC(=O)[C@@H](CC(C)C)N(C)C(=O)OCc6cc(OC)c(OC)cc6[N+](=O)[O-])[C@H](O)c6ccc(c(C)c6)O5)c5ccc(O)c(c5)-c5c(O)cc(O)cc5[C@@H](C(=O)NC5C6CC7CC(C6)CC5C7)NC4=O)O[C@H](CO)[C@@H](O)[C@@H]3O)O[C@@H](C)[C@H]2O)c([N+](=O)[O-])cc1OC. The molecule has 145 heavy (non-hydrogen) atoms. The monoisotopic (exact) mass is 2040 g/mol. The number of fused-ring (bicyclic) bond motifs is 15. The normalized spacial score (nSPS) is 27.5. The number of hydrogen-bond donors (Lipinski definition) is 18. The van der Waals surface area contributed by atoms with E-state index in [1.54, 1.807) is 13.8 Å². The molecular formula is C97H111ClN12O35. The molecular weight excluding hydrogens is 1930 g/mol. The Morgan fingerprint density at radius 3 is 1.79 bits per heavy atom. The van der Waals surface area contributed by atoms with Crippen LogP contribution in [0.3, 0.4) is 0 Å². The highest BCUT2D eigenvalue weighted by molar-refractivity contribution is 6.32. The summed E-state index contributed by atoms with van der Waals surface area (Å²) in [6, 6.07) is 2.90. The van der Waals surface area contributed by atoms with Crippen LogP contribution in [-0.2, 0) is 75.3 Å². The highest BCUT2D eigenvalue weighted by atomic mass is 35.5. The Morgan fingerprint density at radius 1 is 0.634 bits per heavy atom. The third-order valence-corrected chi connectivity index (χ3v) is 27.9. The molecule has 18 atom stereocenters. The highest BCUT2D eigenvalue weighted by Crippen LogP contribution is 2.56. The molecule has 7 aromatic carbocycles. The average molecular weight is 2040 g/mol.